The largest absolute Gasteiger partial charge is 0.378 e. The summed E-state index contributed by atoms with van der Waals surface area (Å²) in [6.07, 6.45) is 0.516. The van der Waals surface area contributed by atoms with Gasteiger partial charge in [-0.05, 0) is 37.5 Å². The molecule has 0 spiro atoms. The van der Waals surface area contributed by atoms with Gasteiger partial charge >= 0.3 is 0 Å². The number of rotatable bonds is 7. The summed E-state index contributed by atoms with van der Waals surface area (Å²) in [5.74, 6) is -0.731. The Labute approximate surface area is 186 Å². The zero-order valence-corrected chi connectivity index (χ0v) is 19.0. The van der Waals surface area contributed by atoms with Gasteiger partial charge in [-0.1, -0.05) is 29.3 Å². The van der Waals surface area contributed by atoms with E-state index in [2.05, 4.69) is 4.72 Å². The second kappa shape index (κ2) is 9.82. The van der Waals surface area contributed by atoms with Gasteiger partial charge in [-0.2, -0.15) is 0 Å². The number of sulfonamides is 1. The van der Waals surface area contributed by atoms with Crippen LogP contribution in [-0.2, 0) is 30.8 Å². The quantitative estimate of drug-likeness (QED) is 0.638. The fourth-order valence-corrected chi connectivity index (χ4v) is 5.38. The van der Waals surface area contributed by atoms with Crippen molar-refractivity contribution in [2.24, 2.45) is 0 Å². The van der Waals surface area contributed by atoms with Crippen LogP contribution in [0, 0.1) is 0 Å². The highest BCUT2D eigenvalue weighted by Gasteiger charge is 2.39. The van der Waals surface area contributed by atoms with E-state index in [1.165, 1.54) is 4.90 Å². The summed E-state index contributed by atoms with van der Waals surface area (Å²) in [5, 5.41) is 0.874. The van der Waals surface area contributed by atoms with E-state index in [9.17, 15) is 18.0 Å². The second-order valence-electron chi connectivity index (χ2n) is 7.41. The van der Waals surface area contributed by atoms with Gasteiger partial charge in [-0.15, -0.1) is 0 Å². The zero-order chi connectivity index (χ0) is 21.9. The number of carbonyl (C=O) groups excluding carboxylic acids is 2. The van der Waals surface area contributed by atoms with Crippen molar-refractivity contribution >= 4 is 45.0 Å². The average Bonchev–Trinajstić information content (AvgIpc) is 3.06. The van der Waals surface area contributed by atoms with E-state index in [0.717, 1.165) is 0 Å². The van der Waals surface area contributed by atoms with Crippen molar-refractivity contribution in [3.8, 4) is 0 Å². The molecule has 2 amide bonds. The smallest absolute Gasteiger partial charge is 0.245 e. The molecule has 0 bridgehead atoms. The minimum absolute atomic E-state index is 0.146. The Morgan fingerprint density at radius 3 is 2.63 bits per heavy atom. The van der Waals surface area contributed by atoms with Gasteiger partial charge in [0.1, 0.15) is 12.1 Å². The maximum atomic E-state index is 12.7. The summed E-state index contributed by atoms with van der Waals surface area (Å²) in [7, 11) is -3.71. The number of nitrogens with one attached hydrogen (secondary N) is 1. The van der Waals surface area contributed by atoms with Crippen LogP contribution in [0.1, 0.15) is 18.9 Å². The molecule has 2 heterocycles. The third-order valence-electron chi connectivity index (χ3n) is 5.36. The number of ether oxygens (including phenoxy) is 1. The van der Waals surface area contributed by atoms with Crippen molar-refractivity contribution in [2.45, 2.75) is 31.8 Å². The lowest BCUT2D eigenvalue weighted by Crippen LogP contribution is -2.52. The standard InChI is InChI=1S/C19H25Cl2N3O5S/c1-13(18(25)23-7-9-29-10-8-23)24-6-4-17(19(24)26)22-30(27,28)11-5-14-2-3-15(20)12-16(14)21/h2-3,12-13,17,22H,4-11H2,1H3/t13-,17?/m0/s1. The molecule has 2 fully saturated rings. The van der Waals surface area contributed by atoms with Crippen LogP contribution in [0.4, 0.5) is 0 Å². The van der Waals surface area contributed by atoms with Crippen LogP contribution in [0.25, 0.3) is 0 Å². The molecule has 0 aromatic heterocycles. The summed E-state index contributed by atoms with van der Waals surface area (Å²) in [4.78, 5) is 28.5. The molecule has 2 atom stereocenters. The van der Waals surface area contributed by atoms with Gasteiger partial charge in [0.25, 0.3) is 0 Å². The Morgan fingerprint density at radius 1 is 1.27 bits per heavy atom. The van der Waals surface area contributed by atoms with Crippen molar-refractivity contribution < 1.29 is 22.7 Å². The lowest BCUT2D eigenvalue weighted by Gasteiger charge is -2.32. The molecule has 8 nitrogen and oxygen atoms in total. The zero-order valence-electron chi connectivity index (χ0n) is 16.6. The molecule has 1 N–H and O–H groups in total. The lowest BCUT2D eigenvalue weighted by molar-refractivity contribution is -0.146. The Balaban J connectivity index is 1.56. The molecule has 166 valence electrons. The topological polar surface area (TPSA) is 96.0 Å². The van der Waals surface area contributed by atoms with Crippen molar-refractivity contribution in [1.82, 2.24) is 14.5 Å². The van der Waals surface area contributed by atoms with Crippen molar-refractivity contribution in [3.05, 3.63) is 33.8 Å². The Hall–Kier alpha value is -1.39. The van der Waals surface area contributed by atoms with Gasteiger partial charge in [0, 0.05) is 29.7 Å². The molecule has 0 aliphatic carbocycles. The van der Waals surface area contributed by atoms with E-state index in [0.29, 0.717) is 54.9 Å². The van der Waals surface area contributed by atoms with E-state index < -0.39 is 22.1 Å². The third-order valence-corrected chi connectivity index (χ3v) is 7.34. The number of halogens is 2. The first-order chi connectivity index (χ1) is 14.2. The molecule has 11 heteroatoms. The molecule has 2 saturated heterocycles. The molecule has 1 aromatic carbocycles. The number of aryl methyl sites for hydroxylation is 1. The van der Waals surface area contributed by atoms with Gasteiger partial charge in [0.05, 0.1) is 19.0 Å². The predicted molar refractivity (Wildman–Crippen MR) is 114 cm³/mol. The molecule has 2 aliphatic heterocycles. The Kier molecular flexibility index (Phi) is 7.62. The number of benzene rings is 1. The van der Waals surface area contributed by atoms with E-state index >= 15 is 0 Å². The van der Waals surface area contributed by atoms with Crippen LogP contribution in [0.2, 0.25) is 10.0 Å². The van der Waals surface area contributed by atoms with Crippen LogP contribution in [0.15, 0.2) is 18.2 Å². The highest BCUT2D eigenvalue weighted by atomic mass is 35.5. The fourth-order valence-electron chi connectivity index (χ4n) is 3.62. The summed E-state index contributed by atoms with van der Waals surface area (Å²) in [6.45, 7) is 3.95. The van der Waals surface area contributed by atoms with Crippen molar-refractivity contribution in [3.63, 3.8) is 0 Å². The molecule has 0 saturated carbocycles. The number of likely N-dealkylation sites (tertiary alicyclic amines) is 1. The number of hydrogen-bond donors (Lipinski definition) is 1. The fraction of sp³-hybridized carbons (Fsp3) is 0.579. The number of nitrogens with zero attached hydrogens (tertiary/aromatic N) is 2. The van der Waals surface area contributed by atoms with Crippen LogP contribution in [0.3, 0.4) is 0 Å². The maximum absolute atomic E-state index is 12.7. The van der Waals surface area contributed by atoms with E-state index in [1.807, 2.05) is 0 Å². The molecule has 3 rings (SSSR count). The molecule has 1 aromatic rings. The number of carbonyl (C=O) groups is 2. The number of amides is 2. The molecule has 2 aliphatic rings. The lowest BCUT2D eigenvalue weighted by atomic mass is 10.2. The first-order valence-corrected chi connectivity index (χ1v) is 12.2. The molecular weight excluding hydrogens is 453 g/mol. The SMILES string of the molecule is C[C@@H](C(=O)N1CCOCC1)N1CCC(NS(=O)(=O)CCc2ccc(Cl)cc2Cl)C1=O. The van der Waals surface area contributed by atoms with E-state index in [4.69, 9.17) is 27.9 Å². The summed E-state index contributed by atoms with van der Waals surface area (Å²) in [6, 6.07) is 3.38. The first-order valence-electron chi connectivity index (χ1n) is 9.79. The third kappa shape index (κ3) is 5.64. The highest BCUT2D eigenvalue weighted by Crippen LogP contribution is 2.22. The Morgan fingerprint density at radius 2 is 1.97 bits per heavy atom. The number of hydrogen-bond acceptors (Lipinski definition) is 5. The minimum atomic E-state index is -3.71. The van der Waals surface area contributed by atoms with Gasteiger partial charge in [0.2, 0.25) is 21.8 Å². The van der Waals surface area contributed by atoms with E-state index in [1.54, 1.807) is 30.0 Å². The normalized spacial score (nSPS) is 21.2. The summed E-state index contributed by atoms with van der Waals surface area (Å²) < 4.78 is 32.7. The summed E-state index contributed by atoms with van der Waals surface area (Å²) in [5.41, 5.74) is 0.663. The van der Waals surface area contributed by atoms with Crippen LogP contribution >= 0.6 is 23.2 Å². The van der Waals surface area contributed by atoms with Gasteiger partial charge < -0.3 is 14.5 Å². The average molecular weight is 478 g/mol. The molecular formula is C19H25Cl2N3O5S. The Bertz CT molecular complexity index is 905. The maximum Gasteiger partial charge on any atom is 0.245 e. The van der Waals surface area contributed by atoms with Crippen LogP contribution < -0.4 is 4.72 Å². The summed E-state index contributed by atoms with van der Waals surface area (Å²) >= 11 is 12.0. The van der Waals surface area contributed by atoms with E-state index in [-0.39, 0.29) is 24.0 Å². The van der Waals surface area contributed by atoms with Gasteiger partial charge in [0.15, 0.2) is 0 Å². The molecule has 1 unspecified atom stereocenters. The van der Waals surface area contributed by atoms with Crippen molar-refractivity contribution in [1.29, 1.82) is 0 Å². The van der Waals surface area contributed by atoms with Gasteiger partial charge in [-0.25, -0.2) is 13.1 Å². The molecule has 30 heavy (non-hydrogen) atoms. The molecule has 0 radical (unpaired) electrons. The highest BCUT2D eigenvalue weighted by molar-refractivity contribution is 7.89. The van der Waals surface area contributed by atoms with Crippen LogP contribution in [0.5, 0.6) is 0 Å². The first kappa shape index (κ1) is 23.3. The van der Waals surface area contributed by atoms with Gasteiger partial charge in [-0.3, -0.25) is 9.59 Å². The monoisotopic (exact) mass is 477 g/mol. The van der Waals surface area contributed by atoms with Crippen LogP contribution in [-0.4, -0.2) is 80.7 Å². The minimum Gasteiger partial charge on any atom is -0.378 e. The predicted octanol–water partition coefficient (Wildman–Crippen LogP) is 1.30. The second-order valence-corrected chi connectivity index (χ2v) is 10.1. The van der Waals surface area contributed by atoms with Crippen molar-refractivity contribution in [2.75, 3.05) is 38.6 Å². The number of morpholine rings is 1.